The number of amides is 2. The SMILES string of the molecule is CC(=O)OCCOc1ccc(C(=O)N2CC(=O)N(Cc3nnc(C(C)C)o3)Cc3ccccc32)c(Cl)c1. The van der Waals surface area contributed by atoms with Gasteiger partial charge in [0, 0.05) is 25.1 Å². The van der Waals surface area contributed by atoms with E-state index in [0.717, 1.165) is 5.56 Å². The van der Waals surface area contributed by atoms with Gasteiger partial charge in [0.2, 0.25) is 17.7 Å². The Balaban J connectivity index is 1.53. The second-order valence-electron chi connectivity index (χ2n) is 8.79. The highest BCUT2D eigenvalue weighted by Crippen LogP contribution is 2.30. The summed E-state index contributed by atoms with van der Waals surface area (Å²) in [5.41, 5.74) is 1.64. The molecule has 0 aliphatic carbocycles. The van der Waals surface area contributed by atoms with Gasteiger partial charge in [0.1, 0.15) is 25.5 Å². The second kappa shape index (κ2) is 11.4. The lowest BCUT2D eigenvalue weighted by atomic mass is 10.1. The van der Waals surface area contributed by atoms with Crippen LogP contribution in [0.15, 0.2) is 46.9 Å². The van der Waals surface area contributed by atoms with Crippen LogP contribution in [0, 0.1) is 0 Å². The first kappa shape index (κ1) is 26.2. The molecule has 37 heavy (non-hydrogen) atoms. The third-order valence-corrected chi connectivity index (χ3v) is 5.98. The van der Waals surface area contributed by atoms with E-state index < -0.39 is 11.9 Å². The molecule has 11 heteroatoms. The van der Waals surface area contributed by atoms with Gasteiger partial charge < -0.3 is 18.8 Å². The molecule has 0 radical (unpaired) electrons. The average molecular weight is 527 g/mol. The topological polar surface area (TPSA) is 115 Å². The molecule has 0 saturated carbocycles. The van der Waals surface area contributed by atoms with Crippen molar-refractivity contribution in [3.63, 3.8) is 0 Å². The van der Waals surface area contributed by atoms with E-state index in [9.17, 15) is 14.4 Å². The van der Waals surface area contributed by atoms with Crippen molar-refractivity contribution in [1.29, 1.82) is 0 Å². The number of halogens is 1. The molecule has 2 heterocycles. The van der Waals surface area contributed by atoms with Crippen LogP contribution in [0.3, 0.4) is 0 Å². The van der Waals surface area contributed by atoms with E-state index in [0.29, 0.717) is 23.2 Å². The summed E-state index contributed by atoms with van der Waals surface area (Å²) < 4.78 is 16.1. The van der Waals surface area contributed by atoms with Crippen molar-refractivity contribution in [2.24, 2.45) is 0 Å². The maximum absolute atomic E-state index is 13.6. The van der Waals surface area contributed by atoms with E-state index in [1.807, 2.05) is 32.0 Å². The van der Waals surface area contributed by atoms with Crippen LogP contribution in [0.25, 0.3) is 0 Å². The number of fused-ring (bicyclic) bond motifs is 1. The van der Waals surface area contributed by atoms with E-state index in [1.165, 1.54) is 17.9 Å². The molecule has 0 spiro atoms. The molecule has 0 saturated heterocycles. The van der Waals surface area contributed by atoms with Gasteiger partial charge in [-0.15, -0.1) is 10.2 Å². The molecule has 0 fully saturated rings. The molecular weight excluding hydrogens is 500 g/mol. The predicted molar refractivity (Wildman–Crippen MR) is 134 cm³/mol. The van der Waals surface area contributed by atoms with Gasteiger partial charge in [-0.3, -0.25) is 19.3 Å². The number of carbonyl (C=O) groups excluding carboxylic acids is 3. The van der Waals surface area contributed by atoms with E-state index in [2.05, 4.69) is 10.2 Å². The van der Waals surface area contributed by atoms with Crippen LogP contribution in [-0.2, 0) is 27.4 Å². The van der Waals surface area contributed by atoms with Gasteiger partial charge in [-0.1, -0.05) is 43.6 Å². The number of carbonyl (C=O) groups is 3. The fourth-order valence-corrected chi connectivity index (χ4v) is 4.08. The summed E-state index contributed by atoms with van der Waals surface area (Å²) >= 11 is 6.44. The molecule has 194 valence electrons. The van der Waals surface area contributed by atoms with Crippen molar-refractivity contribution in [3.8, 4) is 5.75 Å². The molecule has 1 aliphatic heterocycles. The van der Waals surface area contributed by atoms with E-state index >= 15 is 0 Å². The molecule has 0 unspecified atom stereocenters. The van der Waals surface area contributed by atoms with Crippen LogP contribution >= 0.6 is 11.6 Å². The second-order valence-corrected chi connectivity index (χ2v) is 9.20. The Hall–Kier alpha value is -3.92. The number of esters is 1. The molecule has 0 atom stereocenters. The number of benzene rings is 2. The van der Waals surface area contributed by atoms with Crippen LogP contribution in [0.2, 0.25) is 5.02 Å². The van der Waals surface area contributed by atoms with Crippen molar-refractivity contribution in [2.45, 2.75) is 39.8 Å². The third-order valence-electron chi connectivity index (χ3n) is 5.67. The summed E-state index contributed by atoms with van der Waals surface area (Å²) in [5.74, 6) is 0.252. The van der Waals surface area contributed by atoms with Gasteiger partial charge in [-0.05, 0) is 29.8 Å². The summed E-state index contributed by atoms with van der Waals surface area (Å²) in [6, 6.07) is 12.0. The minimum atomic E-state index is -0.418. The molecule has 2 amide bonds. The zero-order valence-corrected chi connectivity index (χ0v) is 21.5. The maximum atomic E-state index is 13.6. The number of rotatable bonds is 8. The Morgan fingerprint density at radius 2 is 1.89 bits per heavy atom. The van der Waals surface area contributed by atoms with Crippen LogP contribution in [0.5, 0.6) is 5.75 Å². The number of hydrogen-bond acceptors (Lipinski definition) is 8. The van der Waals surface area contributed by atoms with Gasteiger partial charge >= 0.3 is 5.97 Å². The van der Waals surface area contributed by atoms with Crippen molar-refractivity contribution >= 4 is 35.1 Å². The summed E-state index contributed by atoms with van der Waals surface area (Å²) in [4.78, 5) is 40.7. The summed E-state index contributed by atoms with van der Waals surface area (Å²) in [5, 5.41) is 8.28. The van der Waals surface area contributed by atoms with Gasteiger partial charge in [0.25, 0.3) is 5.91 Å². The zero-order chi connectivity index (χ0) is 26.5. The standard InChI is InChI=1S/C26H27ClN4O6/c1-16(2)25-29-28-23(37-25)14-30-13-18-6-4-5-7-22(18)31(15-24(30)33)26(34)20-9-8-19(12-21(20)27)36-11-10-35-17(3)32/h4-9,12,16H,10-11,13-15H2,1-3H3. The van der Waals surface area contributed by atoms with Crippen LogP contribution in [0.4, 0.5) is 5.69 Å². The zero-order valence-electron chi connectivity index (χ0n) is 20.8. The lowest BCUT2D eigenvalue weighted by Gasteiger charge is -2.23. The number of para-hydroxylation sites is 1. The van der Waals surface area contributed by atoms with Gasteiger partial charge in [-0.2, -0.15) is 0 Å². The summed E-state index contributed by atoms with van der Waals surface area (Å²) in [7, 11) is 0. The molecule has 0 N–H and O–H groups in total. The van der Waals surface area contributed by atoms with Gasteiger partial charge in [-0.25, -0.2) is 0 Å². The quantitative estimate of drug-likeness (QED) is 0.320. The Morgan fingerprint density at radius 1 is 1.11 bits per heavy atom. The first-order valence-electron chi connectivity index (χ1n) is 11.8. The fourth-order valence-electron chi connectivity index (χ4n) is 3.82. The highest BCUT2D eigenvalue weighted by atomic mass is 35.5. The molecule has 1 aromatic heterocycles. The molecule has 2 aromatic carbocycles. The maximum Gasteiger partial charge on any atom is 0.302 e. The Labute approximate surface area is 219 Å². The number of aromatic nitrogens is 2. The predicted octanol–water partition coefficient (Wildman–Crippen LogP) is 3.98. The van der Waals surface area contributed by atoms with Crippen molar-refractivity contribution in [3.05, 3.63) is 70.4 Å². The monoisotopic (exact) mass is 526 g/mol. The molecule has 1 aliphatic rings. The first-order valence-corrected chi connectivity index (χ1v) is 12.2. The lowest BCUT2D eigenvalue weighted by Crippen LogP contribution is -2.40. The molecular formula is C26H27ClN4O6. The van der Waals surface area contributed by atoms with Crippen molar-refractivity contribution in [1.82, 2.24) is 15.1 Å². The Bertz CT molecular complexity index is 1310. The number of nitrogens with zero attached hydrogens (tertiary/aromatic N) is 4. The minimum absolute atomic E-state index is 0.0744. The molecule has 0 bridgehead atoms. The average Bonchev–Trinajstić information content (AvgIpc) is 3.28. The van der Waals surface area contributed by atoms with Crippen molar-refractivity contribution < 1.29 is 28.3 Å². The summed E-state index contributed by atoms with van der Waals surface area (Å²) in [6.07, 6.45) is 0. The lowest BCUT2D eigenvalue weighted by molar-refractivity contribution is -0.141. The summed E-state index contributed by atoms with van der Waals surface area (Å²) in [6.45, 7) is 5.68. The molecule has 10 nitrogen and oxygen atoms in total. The molecule has 3 aromatic rings. The van der Waals surface area contributed by atoms with Gasteiger partial charge in [0.15, 0.2) is 0 Å². The Kier molecular flexibility index (Phi) is 8.08. The van der Waals surface area contributed by atoms with Crippen LogP contribution in [0.1, 0.15) is 54.4 Å². The van der Waals surface area contributed by atoms with Gasteiger partial charge in [0.05, 0.1) is 17.1 Å². The highest BCUT2D eigenvalue weighted by Gasteiger charge is 2.31. The number of ether oxygens (including phenoxy) is 2. The number of anilines is 1. The van der Waals surface area contributed by atoms with Crippen LogP contribution < -0.4 is 9.64 Å². The largest absolute Gasteiger partial charge is 0.490 e. The highest BCUT2D eigenvalue weighted by molar-refractivity contribution is 6.34. The smallest absolute Gasteiger partial charge is 0.302 e. The fraction of sp³-hybridized carbons (Fsp3) is 0.346. The number of hydrogen-bond donors (Lipinski definition) is 0. The van der Waals surface area contributed by atoms with E-state index in [-0.39, 0.29) is 55.3 Å². The van der Waals surface area contributed by atoms with E-state index in [4.69, 9.17) is 25.5 Å². The Morgan fingerprint density at radius 3 is 2.59 bits per heavy atom. The van der Waals surface area contributed by atoms with E-state index in [1.54, 1.807) is 23.1 Å². The first-order chi connectivity index (χ1) is 17.7. The minimum Gasteiger partial charge on any atom is -0.490 e. The normalized spacial score (nSPS) is 13.4. The molecule has 4 rings (SSSR count). The van der Waals surface area contributed by atoms with Crippen LogP contribution in [-0.4, -0.2) is 52.6 Å². The van der Waals surface area contributed by atoms with Crippen molar-refractivity contribution in [2.75, 3.05) is 24.7 Å². The third kappa shape index (κ3) is 6.26.